The van der Waals surface area contributed by atoms with Gasteiger partial charge in [0.1, 0.15) is 5.75 Å². The van der Waals surface area contributed by atoms with E-state index >= 15 is 0 Å². The summed E-state index contributed by atoms with van der Waals surface area (Å²) in [5, 5.41) is 8.97. The van der Waals surface area contributed by atoms with Gasteiger partial charge < -0.3 is 9.84 Å². The van der Waals surface area contributed by atoms with Gasteiger partial charge in [0.05, 0.1) is 13.2 Å². The van der Waals surface area contributed by atoms with E-state index in [0.29, 0.717) is 13.2 Å². The minimum absolute atomic E-state index is 0.0492. The van der Waals surface area contributed by atoms with E-state index in [1.54, 1.807) is 0 Å². The van der Waals surface area contributed by atoms with Crippen LogP contribution >= 0.6 is 15.9 Å². The molecule has 0 saturated heterocycles. The van der Waals surface area contributed by atoms with Crippen molar-refractivity contribution in [2.45, 2.75) is 33.2 Å². The highest BCUT2D eigenvalue weighted by Gasteiger charge is 2.13. The van der Waals surface area contributed by atoms with E-state index in [4.69, 9.17) is 9.84 Å². The third kappa shape index (κ3) is 5.92. The fourth-order valence-electron chi connectivity index (χ4n) is 1.99. The van der Waals surface area contributed by atoms with E-state index in [9.17, 15) is 4.79 Å². The Morgan fingerprint density at radius 1 is 1.35 bits per heavy atom. The Morgan fingerprint density at radius 3 is 2.70 bits per heavy atom. The summed E-state index contributed by atoms with van der Waals surface area (Å²) in [7, 11) is 0. The van der Waals surface area contributed by atoms with Crippen LogP contribution in [0.1, 0.15) is 32.3 Å². The van der Waals surface area contributed by atoms with Crippen LogP contribution in [0.25, 0.3) is 0 Å². The fourth-order valence-corrected chi connectivity index (χ4v) is 2.40. The molecule has 0 amide bonds. The Balaban J connectivity index is 2.85. The lowest BCUT2D eigenvalue weighted by Gasteiger charge is -2.21. The average Bonchev–Trinajstić information content (AvgIpc) is 2.37. The van der Waals surface area contributed by atoms with Crippen molar-refractivity contribution in [3.8, 4) is 5.75 Å². The number of carbonyl (C=O) groups is 1. The minimum atomic E-state index is -0.801. The van der Waals surface area contributed by atoms with E-state index < -0.39 is 5.97 Å². The van der Waals surface area contributed by atoms with Gasteiger partial charge in [-0.15, -0.1) is 0 Å². The standard InChI is InChI=1S/C15H22BrNO3/c1-3-7-17(11-15(18)19)10-12-9-13(16)5-6-14(12)20-8-4-2/h5-6,9H,3-4,7-8,10-11H2,1-2H3,(H,18,19). The number of ether oxygens (including phenoxy) is 1. The van der Waals surface area contributed by atoms with Gasteiger partial charge in [-0.1, -0.05) is 29.8 Å². The third-order valence-corrected chi connectivity index (χ3v) is 3.27. The average molecular weight is 344 g/mol. The second-order valence-electron chi connectivity index (χ2n) is 4.70. The van der Waals surface area contributed by atoms with Crippen LogP contribution in [0.4, 0.5) is 0 Å². The molecular formula is C15H22BrNO3. The second-order valence-corrected chi connectivity index (χ2v) is 5.62. The van der Waals surface area contributed by atoms with Gasteiger partial charge >= 0.3 is 5.97 Å². The molecule has 0 heterocycles. The van der Waals surface area contributed by atoms with Crippen molar-refractivity contribution in [3.05, 3.63) is 28.2 Å². The number of hydrogen-bond donors (Lipinski definition) is 1. The molecule has 5 heteroatoms. The maximum absolute atomic E-state index is 10.9. The third-order valence-electron chi connectivity index (χ3n) is 2.78. The fraction of sp³-hybridized carbons (Fsp3) is 0.533. The van der Waals surface area contributed by atoms with Crippen LogP contribution in [0, 0.1) is 0 Å². The first-order chi connectivity index (χ1) is 9.56. The summed E-state index contributed by atoms with van der Waals surface area (Å²) in [4.78, 5) is 12.8. The van der Waals surface area contributed by atoms with Crippen LogP contribution < -0.4 is 4.74 Å². The molecule has 0 unspecified atom stereocenters. The van der Waals surface area contributed by atoms with Crippen molar-refractivity contribution in [2.24, 2.45) is 0 Å². The molecule has 4 nitrogen and oxygen atoms in total. The SMILES string of the molecule is CCCOc1ccc(Br)cc1CN(CCC)CC(=O)O. The monoisotopic (exact) mass is 343 g/mol. The molecule has 0 bridgehead atoms. The molecule has 20 heavy (non-hydrogen) atoms. The second kappa shape index (κ2) is 8.97. The maximum Gasteiger partial charge on any atom is 0.317 e. The zero-order chi connectivity index (χ0) is 15.0. The lowest BCUT2D eigenvalue weighted by molar-refractivity contribution is -0.138. The van der Waals surface area contributed by atoms with Crippen molar-refractivity contribution in [2.75, 3.05) is 19.7 Å². The molecule has 1 aromatic rings. The summed E-state index contributed by atoms with van der Waals surface area (Å²) >= 11 is 3.45. The Bertz CT molecular complexity index is 437. The zero-order valence-corrected chi connectivity index (χ0v) is 13.6. The number of carboxylic acid groups (broad SMARTS) is 1. The molecule has 0 aromatic heterocycles. The summed E-state index contributed by atoms with van der Waals surface area (Å²) in [6.45, 7) is 6.16. The number of rotatable bonds is 9. The van der Waals surface area contributed by atoms with Gasteiger partial charge in [0, 0.05) is 16.6 Å². The molecule has 0 saturated carbocycles. The van der Waals surface area contributed by atoms with Crippen LogP contribution in [0.3, 0.4) is 0 Å². The number of carboxylic acids is 1. The normalized spacial score (nSPS) is 10.8. The summed E-state index contributed by atoms with van der Waals surface area (Å²) < 4.78 is 6.71. The highest BCUT2D eigenvalue weighted by atomic mass is 79.9. The maximum atomic E-state index is 10.9. The lowest BCUT2D eigenvalue weighted by atomic mass is 10.2. The first-order valence-corrected chi connectivity index (χ1v) is 7.71. The molecule has 0 aliphatic rings. The Labute approximate surface area is 128 Å². The van der Waals surface area contributed by atoms with Crippen molar-refractivity contribution in [3.63, 3.8) is 0 Å². The van der Waals surface area contributed by atoms with E-state index in [1.807, 2.05) is 30.0 Å². The summed E-state index contributed by atoms with van der Waals surface area (Å²) in [5.74, 6) is 0.0333. The minimum Gasteiger partial charge on any atom is -0.493 e. The molecule has 0 atom stereocenters. The van der Waals surface area contributed by atoms with Gasteiger partial charge in [0.25, 0.3) is 0 Å². The van der Waals surface area contributed by atoms with Gasteiger partial charge in [0.15, 0.2) is 0 Å². The van der Waals surface area contributed by atoms with E-state index in [0.717, 1.165) is 35.2 Å². The Kier molecular flexibility index (Phi) is 7.62. The Morgan fingerprint density at radius 2 is 2.10 bits per heavy atom. The van der Waals surface area contributed by atoms with Crippen LogP contribution in [-0.2, 0) is 11.3 Å². The molecule has 1 N–H and O–H groups in total. The Hall–Kier alpha value is -1.07. The topological polar surface area (TPSA) is 49.8 Å². The lowest BCUT2D eigenvalue weighted by Crippen LogP contribution is -2.30. The molecule has 0 aliphatic carbocycles. The molecule has 0 aliphatic heterocycles. The van der Waals surface area contributed by atoms with E-state index in [1.165, 1.54) is 0 Å². The number of benzene rings is 1. The van der Waals surface area contributed by atoms with E-state index in [-0.39, 0.29) is 6.54 Å². The van der Waals surface area contributed by atoms with Gasteiger partial charge in [-0.05, 0) is 37.6 Å². The van der Waals surface area contributed by atoms with Crippen molar-refractivity contribution < 1.29 is 14.6 Å². The number of nitrogens with zero attached hydrogens (tertiary/aromatic N) is 1. The molecule has 1 rings (SSSR count). The van der Waals surface area contributed by atoms with Crippen molar-refractivity contribution >= 4 is 21.9 Å². The van der Waals surface area contributed by atoms with E-state index in [2.05, 4.69) is 22.9 Å². The van der Waals surface area contributed by atoms with Gasteiger partial charge in [0.2, 0.25) is 0 Å². The zero-order valence-electron chi connectivity index (χ0n) is 12.1. The number of hydrogen-bond acceptors (Lipinski definition) is 3. The largest absolute Gasteiger partial charge is 0.493 e. The highest BCUT2D eigenvalue weighted by Crippen LogP contribution is 2.25. The first-order valence-electron chi connectivity index (χ1n) is 6.92. The summed E-state index contributed by atoms with van der Waals surface area (Å²) in [5.41, 5.74) is 1.02. The van der Waals surface area contributed by atoms with Crippen LogP contribution in [0.2, 0.25) is 0 Å². The van der Waals surface area contributed by atoms with Crippen molar-refractivity contribution in [1.29, 1.82) is 0 Å². The van der Waals surface area contributed by atoms with Gasteiger partial charge in [-0.25, -0.2) is 0 Å². The predicted molar refractivity (Wildman–Crippen MR) is 83.1 cm³/mol. The first kappa shape index (κ1) is 17.0. The van der Waals surface area contributed by atoms with Gasteiger partial charge in [-0.2, -0.15) is 0 Å². The number of halogens is 1. The summed E-state index contributed by atoms with van der Waals surface area (Å²) in [6.07, 6.45) is 1.87. The smallest absolute Gasteiger partial charge is 0.317 e. The van der Waals surface area contributed by atoms with Crippen LogP contribution in [-0.4, -0.2) is 35.7 Å². The van der Waals surface area contributed by atoms with Gasteiger partial charge in [-0.3, -0.25) is 9.69 Å². The molecular weight excluding hydrogens is 322 g/mol. The molecule has 0 fully saturated rings. The number of aliphatic carboxylic acids is 1. The molecule has 0 spiro atoms. The van der Waals surface area contributed by atoms with Crippen LogP contribution in [0.5, 0.6) is 5.75 Å². The highest BCUT2D eigenvalue weighted by molar-refractivity contribution is 9.10. The van der Waals surface area contributed by atoms with Crippen LogP contribution in [0.15, 0.2) is 22.7 Å². The molecule has 0 radical (unpaired) electrons. The van der Waals surface area contributed by atoms with Crippen molar-refractivity contribution in [1.82, 2.24) is 4.90 Å². The summed E-state index contributed by atoms with van der Waals surface area (Å²) in [6, 6.07) is 5.87. The molecule has 112 valence electrons. The predicted octanol–water partition coefficient (Wildman–Crippen LogP) is 3.53. The molecule has 1 aromatic carbocycles. The quantitative estimate of drug-likeness (QED) is 0.745.